The van der Waals surface area contributed by atoms with Crippen molar-refractivity contribution in [1.29, 1.82) is 0 Å². The van der Waals surface area contributed by atoms with Crippen molar-refractivity contribution >= 4 is 49.8 Å². The number of anilines is 3. The zero-order valence-electron chi connectivity index (χ0n) is 29.6. The molecule has 2 nitrogen and oxygen atoms in total. The van der Waals surface area contributed by atoms with Crippen molar-refractivity contribution in [2.75, 3.05) is 4.90 Å². The highest BCUT2D eigenvalue weighted by molar-refractivity contribution is 6.22. The minimum Gasteiger partial charge on any atom is -0.456 e. The second kappa shape index (κ2) is 13.4. The summed E-state index contributed by atoms with van der Waals surface area (Å²) in [6.07, 6.45) is 0. The highest BCUT2D eigenvalue weighted by Gasteiger charge is 2.16. The van der Waals surface area contributed by atoms with Crippen LogP contribution >= 0.6 is 0 Å². The number of furan rings is 1. The van der Waals surface area contributed by atoms with Gasteiger partial charge in [0.25, 0.3) is 0 Å². The lowest BCUT2D eigenvalue weighted by Gasteiger charge is -2.26. The molecule has 0 saturated heterocycles. The van der Waals surface area contributed by atoms with Crippen LogP contribution in [0.3, 0.4) is 0 Å². The minimum atomic E-state index is 0.894. The second-order valence-corrected chi connectivity index (χ2v) is 13.7. The van der Waals surface area contributed by atoms with Gasteiger partial charge in [-0.05, 0) is 116 Å². The Morgan fingerprint density at radius 2 is 0.741 bits per heavy atom. The quantitative estimate of drug-likeness (QED) is 0.166. The lowest BCUT2D eigenvalue weighted by atomic mass is 9.94. The Bertz CT molecular complexity index is 2890. The molecule has 0 bridgehead atoms. The molecule has 1 aromatic heterocycles. The lowest BCUT2D eigenvalue weighted by molar-refractivity contribution is 0.669. The predicted octanol–water partition coefficient (Wildman–Crippen LogP) is 14.9. The van der Waals surface area contributed by atoms with Gasteiger partial charge in [-0.3, -0.25) is 0 Å². The summed E-state index contributed by atoms with van der Waals surface area (Å²) >= 11 is 0. The fourth-order valence-corrected chi connectivity index (χ4v) is 7.82. The van der Waals surface area contributed by atoms with Crippen molar-refractivity contribution in [3.05, 3.63) is 212 Å². The Morgan fingerprint density at radius 1 is 0.278 bits per heavy atom. The third kappa shape index (κ3) is 5.71. The van der Waals surface area contributed by atoms with Gasteiger partial charge >= 0.3 is 0 Å². The number of rotatable bonds is 7. The molecule has 0 saturated carbocycles. The number of benzene rings is 9. The van der Waals surface area contributed by atoms with Gasteiger partial charge in [0.1, 0.15) is 11.2 Å². The molecule has 2 heteroatoms. The molecule has 10 rings (SSSR count). The van der Waals surface area contributed by atoms with Crippen LogP contribution in [0, 0.1) is 0 Å². The fourth-order valence-electron chi connectivity index (χ4n) is 7.82. The third-order valence-corrected chi connectivity index (χ3v) is 10.5. The van der Waals surface area contributed by atoms with E-state index in [4.69, 9.17) is 4.42 Å². The van der Waals surface area contributed by atoms with Crippen LogP contribution in [0.5, 0.6) is 0 Å². The van der Waals surface area contributed by atoms with Gasteiger partial charge in [0.05, 0.1) is 0 Å². The largest absolute Gasteiger partial charge is 0.456 e. The molecule has 0 atom stereocenters. The molecule has 0 aliphatic heterocycles. The summed E-state index contributed by atoms with van der Waals surface area (Å²) in [5.41, 5.74) is 14.5. The first-order valence-electron chi connectivity index (χ1n) is 18.4. The molecular formula is C52H35NO. The average molecular weight is 690 g/mol. The van der Waals surface area contributed by atoms with Crippen molar-refractivity contribution in [3.63, 3.8) is 0 Å². The Balaban J connectivity index is 0.985. The van der Waals surface area contributed by atoms with Crippen LogP contribution in [0.15, 0.2) is 217 Å². The molecule has 0 N–H and O–H groups in total. The minimum absolute atomic E-state index is 0.894. The second-order valence-electron chi connectivity index (χ2n) is 13.7. The Morgan fingerprint density at radius 3 is 1.41 bits per heavy atom. The van der Waals surface area contributed by atoms with Crippen molar-refractivity contribution in [3.8, 4) is 44.5 Å². The summed E-state index contributed by atoms with van der Waals surface area (Å²) in [5.74, 6) is 0. The van der Waals surface area contributed by atoms with Crippen molar-refractivity contribution < 1.29 is 4.42 Å². The normalized spacial score (nSPS) is 11.3. The summed E-state index contributed by atoms with van der Waals surface area (Å²) in [7, 11) is 0. The maximum atomic E-state index is 6.63. The van der Waals surface area contributed by atoms with Gasteiger partial charge in [0, 0.05) is 27.8 Å². The number of para-hydroxylation sites is 1. The maximum Gasteiger partial charge on any atom is 0.136 e. The van der Waals surface area contributed by atoms with Crippen molar-refractivity contribution in [2.24, 2.45) is 0 Å². The van der Waals surface area contributed by atoms with Crippen LogP contribution in [0.25, 0.3) is 77.2 Å². The molecule has 0 amide bonds. The summed E-state index contributed by atoms with van der Waals surface area (Å²) in [4.78, 5) is 2.31. The number of hydrogen-bond donors (Lipinski definition) is 0. The number of nitrogens with zero attached hydrogens (tertiary/aromatic N) is 1. The molecule has 10 aromatic rings. The summed E-state index contributed by atoms with van der Waals surface area (Å²) in [6.45, 7) is 0. The lowest BCUT2D eigenvalue weighted by Crippen LogP contribution is -2.09. The van der Waals surface area contributed by atoms with Gasteiger partial charge in [-0.15, -0.1) is 0 Å². The topological polar surface area (TPSA) is 16.4 Å². The van der Waals surface area contributed by atoms with Gasteiger partial charge in [0.15, 0.2) is 0 Å². The van der Waals surface area contributed by atoms with Crippen LogP contribution in [0.2, 0.25) is 0 Å². The SMILES string of the molecule is c1ccc(-c2ccc(N(c3ccccc3)c3ccc(-c4cccc(-c5ccc6c(c5)oc5cc(-c7ccccc7)c7ccccc7c56)c4)cc3)cc2)cc1. The zero-order chi connectivity index (χ0) is 35.8. The van der Waals surface area contributed by atoms with E-state index in [1.165, 1.54) is 38.6 Å². The van der Waals surface area contributed by atoms with Crippen LogP contribution in [0.1, 0.15) is 0 Å². The van der Waals surface area contributed by atoms with Crippen LogP contribution in [-0.4, -0.2) is 0 Å². The van der Waals surface area contributed by atoms with Crippen LogP contribution in [-0.2, 0) is 0 Å². The van der Waals surface area contributed by atoms with Gasteiger partial charge in [-0.2, -0.15) is 0 Å². The molecule has 0 aliphatic carbocycles. The summed E-state index contributed by atoms with van der Waals surface area (Å²) in [5, 5.41) is 4.74. The third-order valence-electron chi connectivity index (χ3n) is 10.5. The van der Waals surface area contributed by atoms with Gasteiger partial charge in [-0.1, -0.05) is 152 Å². The number of fused-ring (bicyclic) bond motifs is 5. The standard InChI is InChI=1S/C52H35NO/c1-4-13-36(14-5-1)37-23-28-44(29-24-37)53(43-19-8-3-9-20-43)45-30-25-38(26-31-45)40-17-12-18-41(33-40)42-27-32-48-50(34-42)54-51-35-49(39-15-6-2-7-16-39)46-21-10-11-22-47(46)52(48)51/h1-35H. The summed E-state index contributed by atoms with van der Waals surface area (Å²) < 4.78 is 6.63. The smallest absolute Gasteiger partial charge is 0.136 e. The molecule has 1 heterocycles. The predicted molar refractivity (Wildman–Crippen MR) is 228 cm³/mol. The van der Waals surface area contributed by atoms with Crippen molar-refractivity contribution in [2.45, 2.75) is 0 Å². The van der Waals surface area contributed by atoms with Crippen LogP contribution < -0.4 is 4.90 Å². The first-order chi connectivity index (χ1) is 26.8. The monoisotopic (exact) mass is 689 g/mol. The molecule has 0 fully saturated rings. The average Bonchev–Trinajstić information content (AvgIpc) is 3.63. The van der Waals surface area contributed by atoms with Crippen molar-refractivity contribution in [1.82, 2.24) is 0 Å². The summed E-state index contributed by atoms with van der Waals surface area (Å²) in [6, 6.07) is 75.6. The van der Waals surface area contributed by atoms with E-state index in [0.29, 0.717) is 0 Å². The fraction of sp³-hybridized carbons (Fsp3) is 0. The molecule has 0 spiro atoms. The first-order valence-corrected chi connectivity index (χ1v) is 18.4. The van der Waals surface area contributed by atoms with E-state index in [0.717, 1.165) is 55.7 Å². The molecule has 54 heavy (non-hydrogen) atoms. The van der Waals surface area contributed by atoms with Gasteiger partial charge in [-0.25, -0.2) is 0 Å². The Labute approximate surface area is 314 Å². The van der Waals surface area contributed by atoms with E-state index >= 15 is 0 Å². The van der Waals surface area contributed by atoms with E-state index in [2.05, 4.69) is 217 Å². The Hall–Kier alpha value is -7.16. The molecule has 0 unspecified atom stereocenters. The van der Waals surface area contributed by atoms with E-state index in [1.807, 2.05) is 0 Å². The van der Waals surface area contributed by atoms with E-state index < -0.39 is 0 Å². The highest BCUT2D eigenvalue weighted by Crippen LogP contribution is 2.42. The van der Waals surface area contributed by atoms with Gasteiger partial charge < -0.3 is 9.32 Å². The van der Waals surface area contributed by atoms with Gasteiger partial charge in [0.2, 0.25) is 0 Å². The van der Waals surface area contributed by atoms with E-state index in [9.17, 15) is 0 Å². The molecular weight excluding hydrogens is 655 g/mol. The van der Waals surface area contributed by atoms with E-state index in [-0.39, 0.29) is 0 Å². The molecule has 9 aromatic carbocycles. The maximum absolute atomic E-state index is 6.63. The Kier molecular flexibility index (Phi) is 7.85. The highest BCUT2D eigenvalue weighted by atomic mass is 16.3. The molecule has 0 aliphatic rings. The molecule has 0 radical (unpaired) electrons. The first kappa shape index (κ1) is 31.6. The molecule has 254 valence electrons. The van der Waals surface area contributed by atoms with Crippen LogP contribution in [0.4, 0.5) is 17.1 Å². The van der Waals surface area contributed by atoms with E-state index in [1.54, 1.807) is 0 Å². The zero-order valence-corrected chi connectivity index (χ0v) is 29.6. The number of hydrogen-bond acceptors (Lipinski definition) is 2.